The number of hydrogen-bond acceptors (Lipinski definition) is 5. The Labute approximate surface area is 161 Å². The third kappa shape index (κ3) is 3.24. The Balaban J connectivity index is 1.76. The van der Waals surface area contributed by atoms with Crippen LogP contribution in [0.15, 0.2) is 54.6 Å². The number of fused-ring (bicyclic) bond motifs is 1. The number of carbonyl (C=O) groups is 3. The van der Waals surface area contributed by atoms with Gasteiger partial charge in [-0.25, -0.2) is 4.79 Å². The maximum absolute atomic E-state index is 12.5. The Hall–Kier alpha value is -3.54. The van der Waals surface area contributed by atoms with Crippen molar-refractivity contribution < 1.29 is 19.2 Å². The zero-order valence-electron chi connectivity index (χ0n) is 15.3. The smallest absolute Gasteiger partial charge is 0.330 e. The quantitative estimate of drug-likeness (QED) is 0.655. The van der Waals surface area contributed by atoms with Gasteiger partial charge in [-0.05, 0) is 29.7 Å². The molecule has 0 bridgehead atoms. The van der Waals surface area contributed by atoms with Crippen LogP contribution < -0.4 is 0 Å². The third-order valence-electron chi connectivity index (χ3n) is 4.78. The highest BCUT2D eigenvalue weighted by Crippen LogP contribution is 2.33. The normalized spacial score (nSPS) is 14.0. The Morgan fingerprint density at radius 2 is 1.64 bits per heavy atom. The average molecular weight is 374 g/mol. The molecule has 4 rings (SSSR count). The molecule has 0 saturated carbocycles. The maximum atomic E-state index is 12.5. The number of rotatable bonds is 4. The highest BCUT2D eigenvalue weighted by molar-refractivity contribution is 6.02. The lowest BCUT2D eigenvalue weighted by Gasteiger charge is -2.17. The molecule has 0 N–H and O–H groups in total. The summed E-state index contributed by atoms with van der Waals surface area (Å²) in [5.41, 5.74) is 4.11. The molecule has 2 heterocycles. The van der Waals surface area contributed by atoms with E-state index in [0.29, 0.717) is 16.3 Å². The largest absolute Gasteiger partial charge is 0.337 e. The standard InChI is InChI=1S/C22H18N2O4/c1-14-17(13-21(27)28-24-19(25)11-12-20(24)26)22(15-7-3-2-4-8-15)16-9-5-6-10-18(16)23-14/h2-10H,11-13H2,1H3. The van der Waals surface area contributed by atoms with Crippen molar-refractivity contribution in [2.24, 2.45) is 0 Å². The monoisotopic (exact) mass is 374 g/mol. The zero-order chi connectivity index (χ0) is 19.7. The average Bonchev–Trinajstić information content (AvgIpc) is 3.01. The number of amides is 2. The minimum absolute atomic E-state index is 0.0674. The molecule has 3 aromatic rings. The van der Waals surface area contributed by atoms with E-state index < -0.39 is 17.8 Å². The number of carbonyl (C=O) groups excluding carboxylic acids is 3. The summed E-state index contributed by atoms with van der Waals surface area (Å²) in [4.78, 5) is 45.7. The molecule has 1 aliphatic rings. The molecule has 1 aliphatic heterocycles. The fourth-order valence-electron chi connectivity index (χ4n) is 3.46. The van der Waals surface area contributed by atoms with E-state index >= 15 is 0 Å². The predicted octanol–water partition coefficient (Wildman–Crippen LogP) is 3.36. The molecule has 2 amide bonds. The Kier molecular flexibility index (Phi) is 4.61. The van der Waals surface area contributed by atoms with Crippen molar-refractivity contribution in [3.63, 3.8) is 0 Å². The molecule has 28 heavy (non-hydrogen) atoms. The molecule has 1 saturated heterocycles. The molecular formula is C22H18N2O4. The van der Waals surface area contributed by atoms with Crippen LogP contribution in [0.4, 0.5) is 0 Å². The molecule has 6 heteroatoms. The van der Waals surface area contributed by atoms with E-state index in [1.54, 1.807) is 0 Å². The maximum Gasteiger partial charge on any atom is 0.337 e. The first kappa shape index (κ1) is 17.9. The van der Waals surface area contributed by atoms with Crippen LogP contribution in [0, 0.1) is 6.92 Å². The van der Waals surface area contributed by atoms with E-state index in [2.05, 4.69) is 4.98 Å². The fraction of sp³-hybridized carbons (Fsp3) is 0.182. The number of aryl methyl sites for hydroxylation is 1. The van der Waals surface area contributed by atoms with E-state index in [4.69, 9.17) is 4.84 Å². The van der Waals surface area contributed by atoms with Gasteiger partial charge in [-0.15, -0.1) is 5.06 Å². The van der Waals surface area contributed by atoms with Gasteiger partial charge in [0, 0.05) is 23.9 Å². The summed E-state index contributed by atoms with van der Waals surface area (Å²) in [7, 11) is 0. The molecule has 2 aromatic carbocycles. The number of hydroxylamine groups is 2. The summed E-state index contributed by atoms with van der Waals surface area (Å²) in [5, 5.41) is 1.50. The predicted molar refractivity (Wildman–Crippen MR) is 103 cm³/mol. The minimum Gasteiger partial charge on any atom is -0.330 e. The van der Waals surface area contributed by atoms with E-state index in [-0.39, 0.29) is 19.3 Å². The van der Waals surface area contributed by atoms with E-state index in [1.807, 2.05) is 61.5 Å². The van der Waals surface area contributed by atoms with Crippen molar-refractivity contribution >= 4 is 28.7 Å². The fourth-order valence-corrected chi connectivity index (χ4v) is 3.46. The van der Waals surface area contributed by atoms with Crippen LogP contribution in [0.2, 0.25) is 0 Å². The second-order valence-corrected chi connectivity index (χ2v) is 6.66. The van der Waals surface area contributed by atoms with Crippen LogP contribution in [-0.4, -0.2) is 27.8 Å². The van der Waals surface area contributed by atoms with Crippen molar-refractivity contribution in [1.82, 2.24) is 10.0 Å². The lowest BCUT2D eigenvalue weighted by atomic mass is 9.93. The van der Waals surface area contributed by atoms with Gasteiger partial charge >= 0.3 is 5.97 Å². The Bertz CT molecular complexity index is 1080. The second-order valence-electron chi connectivity index (χ2n) is 6.66. The van der Waals surface area contributed by atoms with Gasteiger partial charge in [0.15, 0.2) is 0 Å². The van der Waals surface area contributed by atoms with Crippen molar-refractivity contribution in [3.05, 3.63) is 65.9 Å². The number of nitrogens with zero attached hydrogens (tertiary/aromatic N) is 2. The summed E-state index contributed by atoms with van der Waals surface area (Å²) in [6.07, 6.45) is 0.0425. The van der Waals surface area contributed by atoms with Crippen LogP contribution >= 0.6 is 0 Å². The lowest BCUT2D eigenvalue weighted by molar-refractivity contribution is -0.197. The molecule has 0 aliphatic carbocycles. The van der Waals surface area contributed by atoms with Gasteiger partial charge in [-0.1, -0.05) is 48.5 Å². The van der Waals surface area contributed by atoms with Crippen LogP contribution in [0.5, 0.6) is 0 Å². The molecule has 0 radical (unpaired) electrons. The number of pyridine rings is 1. The van der Waals surface area contributed by atoms with Crippen molar-refractivity contribution in [2.75, 3.05) is 0 Å². The Morgan fingerprint density at radius 3 is 2.36 bits per heavy atom. The van der Waals surface area contributed by atoms with Gasteiger partial charge in [0.05, 0.1) is 11.9 Å². The van der Waals surface area contributed by atoms with Crippen LogP contribution in [0.3, 0.4) is 0 Å². The van der Waals surface area contributed by atoms with Crippen molar-refractivity contribution in [1.29, 1.82) is 0 Å². The van der Waals surface area contributed by atoms with Crippen molar-refractivity contribution in [2.45, 2.75) is 26.2 Å². The van der Waals surface area contributed by atoms with Crippen LogP contribution in [0.1, 0.15) is 24.1 Å². The first-order chi connectivity index (χ1) is 13.5. The topological polar surface area (TPSA) is 76.6 Å². The van der Waals surface area contributed by atoms with Gasteiger partial charge in [0.2, 0.25) is 0 Å². The second kappa shape index (κ2) is 7.23. The van der Waals surface area contributed by atoms with Gasteiger partial charge in [0.25, 0.3) is 11.8 Å². The summed E-state index contributed by atoms with van der Waals surface area (Å²) in [6.45, 7) is 1.84. The lowest BCUT2D eigenvalue weighted by Crippen LogP contribution is -2.32. The Morgan fingerprint density at radius 1 is 1.00 bits per heavy atom. The molecule has 6 nitrogen and oxygen atoms in total. The van der Waals surface area contributed by atoms with Gasteiger partial charge in [-0.3, -0.25) is 14.6 Å². The minimum atomic E-state index is -0.666. The molecule has 0 atom stereocenters. The molecular weight excluding hydrogens is 356 g/mol. The summed E-state index contributed by atoms with van der Waals surface area (Å²) < 4.78 is 0. The number of para-hydroxylation sites is 1. The van der Waals surface area contributed by atoms with Crippen LogP contribution in [0.25, 0.3) is 22.0 Å². The molecule has 140 valence electrons. The number of aromatic nitrogens is 1. The third-order valence-corrected chi connectivity index (χ3v) is 4.78. The molecule has 1 fully saturated rings. The van der Waals surface area contributed by atoms with Gasteiger partial charge in [-0.2, -0.15) is 0 Å². The van der Waals surface area contributed by atoms with E-state index in [9.17, 15) is 14.4 Å². The molecule has 0 spiro atoms. The van der Waals surface area contributed by atoms with Crippen molar-refractivity contribution in [3.8, 4) is 11.1 Å². The van der Waals surface area contributed by atoms with Crippen LogP contribution in [-0.2, 0) is 25.6 Å². The van der Waals surface area contributed by atoms with E-state index in [1.165, 1.54) is 0 Å². The highest BCUT2D eigenvalue weighted by Gasteiger charge is 2.33. The first-order valence-electron chi connectivity index (χ1n) is 9.05. The zero-order valence-corrected chi connectivity index (χ0v) is 15.3. The van der Waals surface area contributed by atoms with Gasteiger partial charge < -0.3 is 4.84 Å². The number of hydrogen-bond donors (Lipinski definition) is 0. The number of imide groups is 1. The SMILES string of the molecule is Cc1nc2ccccc2c(-c2ccccc2)c1CC(=O)ON1C(=O)CCC1=O. The summed E-state index contributed by atoms with van der Waals surface area (Å²) in [5.74, 6) is -1.65. The summed E-state index contributed by atoms with van der Waals surface area (Å²) in [6, 6.07) is 17.5. The highest BCUT2D eigenvalue weighted by atomic mass is 16.7. The molecule has 1 aromatic heterocycles. The number of benzene rings is 2. The van der Waals surface area contributed by atoms with E-state index in [0.717, 1.165) is 22.0 Å². The summed E-state index contributed by atoms with van der Waals surface area (Å²) >= 11 is 0. The van der Waals surface area contributed by atoms with Gasteiger partial charge in [0.1, 0.15) is 0 Å². The first-order valence-corrected chi connectivity index (χ1v) is 9.05. The molecule has 0 unspecified atom stereocenters.